The van der Waals surface area contributed by atoms with E-state index in [4.69, 9.17) is 0 Å². The second-order valence-electron chi connectivity index (χ2n) is 5.33. The number of aliphatic imine (C=N–C) groups is 1. The number of guanidine groups is 1. The monoisotopic (exact) mass is 464 g/mol. The van der Waals surface area contributed by atoms with Gasteiger partial charge in [0.1, 0.15) is 18.5 Å². The van der Waals surface area contributed by atoms with Gasteiger partial charge in [0.15, 0.2) is 11.8 Å². The van der Waals surface area contributed by atoms with Crippen LogP contribution >= 0.6 is 35.3 Å². The van der Waals surface area contributed by atoms with Crippen LogP contribution in [-0.2, 0) is 18.7 Å². The lowest BCUT2D eigenvalue weighted by Gasteiger charge is -2.23. The Hall–Kier alpha value is -1.20. The topological polar surface area (TPSA) is 87.4 Å². The van der Waals surface area contributed by atoms with E-state index in [-0.39, 0.29) is 24.0 Å². The Morgan fingerprint density at radius 1 is 1.42 bits per heavy atom. The highest BCUT2D eigenvalue weighted by Crippen LogP contribution is 2.24. The third-order valence-electron chi connectivity index (χ3n) is 3.41. The Morgan fingerprint density at radius 3 is 2.83 bits per heavy atom. The minimum atomic E-state index is -0.937. The van der Waals surface area contributed by atoms with E-state index >= 15 is 0 Å². The fraction of sp³-hybridized carbons (Fsp3) is 0.533. The van der Waals surface area contributed by atoms with Crippen LogP contribution in [0.2, 0.25) is 0 Å². The molecule has 0 amide bonds. The normalized spacial score (nSPS) is 13.9. The molecule has 0 radical (unpaired) electrons. The van der Waals surface area contributed by atoms with E-state index in [9.17, 15) is 5.11 Å². The van der Waals surface area contributed by atoms with Crippen molar-refractivity contribution in [1.82, 2.24) is 25.4 Å². The zero-order valence-corrected chi connectivity index (χ0v) is 17.3. The van der Waals surface area contributed by atoms with E-state index in [0.29, 0.717) is 19.0 Å². The summed E-state index contributed by atoms with van der Waals surface area (Å²) in [6.07, 6.45) is 1.70. The van der Waals surface area contributed by atoms with Crippen molar-refractivity contribution in [2.75, 3.05) is 13.1 Å². The van der Waals surface area contributed by atoms with Gasteiger partial charge in [-0.3, -0.25) is 0 Å². The Balaban J connectivity index is 0.00000288. The summed E-state index contributed by atoms with van der Waals surface area (Å²) in [5.41, 5.74) is -0.937. The molecular weight excluding hydrogens is 439 g/mol. The first-order valence-corrected chi connectivity index (χ1v) is 8.60. The standard InChI is InChI=1S/C15H24N6OS.HI/c1-4-16-14(17-9-13-20-19-11-21(13)5-2)18-10-15(3,22)12-7-6-8-23-12;/h6-8,11,22H,4-5,9-10H2,1-3H3,(H2,16,17,18);1H. The molecule has 0 fully saturated rings. The molecule has 1 unspecified atom stereocenters. The lowest BCUT2D eigenvalue weighted by atomic mass is 10.1. The van der Waals surface area contributed by atoms with Crippen LogP contribution in [0.4, 0.5) is 0 Å². The molecule has 0 saturated heterocycles. The number of rotatable bonds is 7. The molecule has 2 rings (SSSR count). The average molecular weight is 464 g/mol. The van der Waals surface area contributed by atoms with Crippen LogP contribution in [-0.4, -0.2) is 38.9 Å². The second-order valence-corrected chi connectivity index (χ2v) is 6.28. The van der Waals surface area contributed by atoms with Gasteiger partial charge in [0.05, 0.1) is 6.54 Å². The molecule has 9 heteroatoms. The van der Waals surface area contributed by atoms with Crippen LogP contribution in [0.5, 0.6) is 0 Å². The predicted molar refractivity (Wildman–Crippen MR) is 108 cm³/mol. The molecule has 134 valence electrons. The third-order valence-corrected chi connectivity index (χ3v) is 4.53. The fourth-order valence-corrected chi connectivity index (χ4v) is 2.87. The molecule has 7 nitrogen and oxygen atoms in total. The SMILES string of the molecule is CCNC(=NCc1nncn1CC)NCC(C)(O)c1cccs1.I. The van der Waals surface area contributed by atoms with Gasteiger partial charge >= 0.3 is 0 Å². The Kier molecular flexibility index (Phi) is 8.63. The van der Waals surface area contributed by atoms with Crippen molar-refractivity contribution >= 4 is 41.3 Å². The maximum absolute atomic E-state index is 10.6. The van der Waals surface area contributed by atoms with Crippen LogP contribution in [0.25, 0.3) is 0 Å². The van der Waals surface area contributed by atoms with Gasteiger partial charge in [-0.1, -0.05) is 6.07 Å². The van der Waals surface area contributed by atoms with Crippen LogP contribution < -0.4 is 10.6 Å². The number of aryl methyl sites for hydroxylation is 1. The molecule has 0 aliphatic carbocycles. The fourth-order valence-electron chi connectivity index (χ4n) is 2.08. The second kappa shape index (κ2) is 9.94. The highest BCUT2D eigenvalue weighted by molar-refractivity contribution is 14.0. The van der Waals surface area contributed by atoms with Crippen molar-refractivity contribution in [1.29, 1.82) is 0 Å². The highest BCUT2D eigenvalue weighted by Gasteiger charge is 2.24. The summed E-state index contributed by atoms with van der Waals surface area (Å²) < 4.78 is 1.95. The minimum absolute atomic E-state index is 0. The van der Waals surface area contributed by atoms with E-state index in [1.807, 2.05) is 35.9 Å². The third kappa shape index (κ3) is 5.71. The first kappa shape index (κ1) is 20.8. The first-order valence-electron chi connectivity index (χ1n) is 7.72. The summed E-state index contributed by atoms with van der Waals surface area (Å²) in [6.45, 7) is 8.21. The Bertz CT molecular complexity index is 626. The number of thiophene rings is 1. The summed E-state index contributed by atoms with van der Waals surface area (Å²) in [7, 11) is 0. The zero-order valence-electron chi connectivity index (χ0n) is 14.2. The number of hydrogen-bond acceptors (Lipinski definition) is 5. The van der Waals surface area contributed by atoms with Gasteiger partial charge in [0.2, 0.25) is 0 Å². The molecule has 3 N–H and O–H groups in total. The minimum Gasteiger partial charge on any atom is -0.383 e. The maximum atomic E-state index is 10.6. The molecular formula is C15H25IN6OS. The van der Waals surface area contributed by atoms with Crippen molar-refractivity contribution in [3.8, 4) is 0 Å². The first-order chi connectivity index (χ1) is 11.1. The van der Waals surface area contributed by atoms with Crippen LogP contribution in [0.15, 0.2) is 28.8 Å². The summed E-state index contributed by atoms with van der Waals surface area (Å²) in [4.78, 5) is 5.44. The van der Waals surface area contributed by atoms with Crippen molar-refractivity contribution in [2.24, 2.45) is 4.99 Å². The molecule has 0 aliphatic heterocycles. The molecule has 2 heterocycles. The van der Waals surface area contributed by atoms with Crippen molar-refractivity contribution in [3.63, 3.8) is 0 Å². The van der Waals surface area contributed by atoms with Crippen LogP contribution in [0.1, 0.15) is 31.5 Å². The molecule has 0 saturated carbocycles. The van der Waals surface area contributed by atoms with Gasteiger partial charge < -0.3 is 20.3 Å². The number of aliphatic hydroxyl groups is 1. The van der Waals surface area contributed by atoms with Crippen molar-refractivity contribution in [3.05, 3.63) is 34.5 Å². The van der Waals surface area contributed by atoms with Crippen molar-refractivity contribution in [2.45, 2.75) is 39.5 Å². The van der Waals surface area contributed by atoms with Gasteiger partial charge in [-0.05, 0) is 32.2 Å². The molecule has 2 aromatic heterocycles. The Morgan fingerprint density at radius 2 is 2.21 bits per heavy atom. The Labute approximate surface area is 163 Å². The number of nitrogens with zero attached hydrogens (tertiary/aromatic N) is 4. The number of halogens is 1. The van der Waals surface area contributed by atoms with E-state index in [0.717, 1.165) is 23.8 Å². The van der Waals surface area contributed by atoms with Crippen LogP contribution in [0.3, 0.4) is 0 Å². The van der Waals surface area contributed by atoms with E-state index in [1.54, 1.807) is 13.3 Å². The molecule has 2 aromatic rings. The van der Waals surface area contributed by atoms with Gasteiger partial charge in [-0.2, -0.15) is 0 Å². The molecule has 24 heavy (non-hydrogen) atoms. The smallest absolute Gasteiger partial charge is 0.191 e. The summed E-state index contributed by atoms with van der Waals surface area (Å²) in [6, 6.07) is 3.87. The molecule has 0 aromatic carbocycles. The molecule has 1 atom stereocenters. The largest absolute Gasteiger partial charge is 0.383 e. The van der Waals surface area contributed by atoms with Gasteiger partial charge in [0.25, 0.3) is 0 Å². The molecule has 0 bridgehead atoms. The average Bonchev–Trinajstić information content (AvgIpc) is 3.20. The van der Waals surface area contributed by atoms with E-state index in [1.165, 1.54) is 11.3 Å². The highest BCUT2D eigenvalue weighted by atomic mass is 127. The summed E-state index contributed by atoms with van der Waals surface area (Å²) >= 11 is 1.54. The van der Waals surface area contributed by atoms with Gasteiger partial charge in [-0.15, -0.1) is 45.5 Å². The maximum Gasteiger partial charge on any atom is 0.191 e. The zero-order chi connectivity index (χ0) is 16.7. The lowest BCUT2D eigenvalue weighted by Crippen LogP contribution is -2.44. The van der Waals surface area contributed by atoms with Crippen LogP contribution in [0, 0.1) is 0 Å². The predicted octanol–water partition coefficient (Wildman–Crippen LogP) is 1.94. The lowest BCUT2D eigenvalue weighted by molar-refractivity contribution is 0.0655. The number of hydrogen-bond donors (Lipinski definition) is 3. The number of nitrogens with one attached hydrogen (secondary N) is 2. The molecule has 0 aliphatic rings. The van der Waals surface area contributed by atoms with E-state index in [2.05, 4.69) is 25.8 Å². The summed E-state index contributed by atoms with van der Waals surface area (Å²) in [5, 5.41) is 26.9. The summed E-state index contributed by atoms with van der Waals surface area (Å²) in [5.74, 6) is 1.46. The van der Waals surface area contributed by atoms with Gasteiger partial charge in [-0.25, -0.2) is 4.99 Å². The van der Waals surface area contributed by atoms with Gasteiger partial charge in [0, 0.05) is 18.0 Å². The number of aromatic nitrogens is 3. The van der Waals surface area contributed by atoms with Crippen molar-refractivity contribution < 1.29 is 5.11 Å². The quantitative estimate of drug-likeness (QED) is 0.331. The molecule has 0 spiro atoms. The van der Waals surface area contributed by atoms with E-state index < -0.39 is 5.60 Å².